The Hall–Kier alpha value is -4.39. The summed E-state index contributed by atoms with van der Waals surface area (Å²) in [5.41, 5.74) is 3.79. The standard InChI is InChI=1S/C29H27NO6/c1-2-17-34-29(33)36-26(19-22-13-15-24(16-14-22)23-11-7-4-8-12-23)27(31)30-25(20-35-28(30)32)18-21-9-5-3-6-10-21/h2-16,25-26H,1,17-20H2/t25-,26?/m0/s1. The van der Waals surface area contributed by atoms with E-state index in [2.05, 4.69) is 6.58 Å². The number of amides is 2. The minimum atomic E-state index is -1.27. The van der Waals surface area contributed by atoms with E-state index in [1.165, 1.54) is 6.08 Å². The lowest BCUT2D eigenvalue weighted by Crippen LogP contribution is -2.47. The molecule has 36 heavy (non-hydrogen) atoms. The molecule has 1 aliphatic heterocycles. The second-order valence-electron chi connectivity index (χ2n) is 8.35. The summed E-state index contributed by atoms with van der Waals surface area (Å²) in [4.78, 5) is 39.3. The van der Waals surface area contributed by atoms with Gasteiger partial charge in [0.2, 0.25) is 0 Å². The van der Waals surface area contributed by atoms with Gasteiger partial charge < -0.3 is 14.2 Å². The van der Waals surface area contributed by atoms with E-state index >= 15 is 0 Å². The van der Waals surface area contributed by atoms with Gasteiger partial charge in [-0.3, -0.25) is 4.79 Å². The molecule has 2 atom stereocenters. The van der Waals surface area contributed by atoms with Gasteiger partial charge in [0.25, 0.3) is 5.91 Å². The van der Waals surface area contributed by atoms with Crippen LogP contribution < -0.4 is 0 Å². The van der Waals surface area contributed by atoms with E-state index in [9.17, 15) is 14.4 Å². The van der Waals surface area contributed by atoms with E-state index < -0.39 is 30.3 Å². The topological polar surface area (TPSA) is 82.1 Å². The van der Waals surface area contributed by atoms with E-state index in [0.29, 0.717) is 6.42 Å². The molecule has 7 heteroatoms. The maximum absolute atomic E-state index is 13.5. The summed E-state index contributed by atoms with van der Waals surface area (Å²) in [5, 5.41) is 0. The van der Waals surface area contributed by atoms with Crippen molar-refractivity contribution in [2.24, 2.45) is 0 Å². The van der Waals surface area contributed by atoms with E-state index in [1.807, 2.05) is 84.9 Å². The van der Waals surface area contributed by atoms with Crippen molar-refractivity contribution >= 4 is 18.2 Å². The monoisotopic (exact) mass is 485 g/mol. The minimum absolute atomic E-state index is 0.0616. The molecule has 1 heterocycles. The number of benzene rings is 3. The molecule has 0 bridgehead atoms. The van der Waals surface area contributed by atoms with Crippen LogP contribution in [0, 0.1) is 0 Å². The van der Waals surface area contributed by atoms with Crippen molar-refractivity contribution < 1.29 is 28.6 Å². The van der Waals surface area contributed by atoms with Crippen molar-refractivity contribution in [2.45, 2.75) is 25.0 Å². The Bertz CT molecular complexity index is 1190. The third-order valence-electron chi connectivity index (χ3n) is 5.83. The zero-order valence-electron chi connectivity index (χ0n) is 19.7. The lowest BCUT2D eigenvalue weighted by atomic mass is 10.0. The van der Waals surface area contributed by atoms with Gasteiger partial charge in [0.15, 0.2) is 6.10 Å². The van der Waals surface area contributed by atoms with E-state index in [0.717, 1.165) is 27.2 Å². The molecular formula is C29H27NO6. The number of rotatable bonds is 9. The summed E-state index contributed by atoms with van der Waals surface area (Å²) in [7, 11) is 0. The highest BCUT2D eigenvalue weighted by molar-refractivity contribution is 5.96. The second kappa shape index (κ2) is 11.8. The number of ether oxygens (including phenoxy) is 3. The summed E-state index contributed by atoms with van der Waals surface area (Å²) in [6, 6.07) is 26.5. The maximum atomic E-state index is 13.5. The molecule has 3 aromatic rings. The maximum Gasteiger partial charge on any atom is 0.509 e. The van der Waals surface area contributed by atoms with Crippen LogP contribution in [0.4, 0.5) is 9.59 Å². The van der Waals surface area contributed by atoms with Gasteiger partial charge in [-0.1, -0.05) is 97.6 Å². The van der Waals surface area contributed by atoms with Gasteiger partial charge in [-0.25, -0.2) is 14.5 Å². The first-order chi connectivity index (χ1) is 17.5. The van der Waals surface area contributed by atoms with Crippen LogP contribution in [0.3, 0.4) is 0 Å². The molecule has 1 fully saturated rings. The van der Waals surface area contributed by atoms with Crippen LogP contribution in [0.15, 0.2) is 97.6 Å². The second-order valence-corrected chi connectivity index (χ2v) is 8.35. The minimum Gasteiger partial charge on any atom is -0.447 e. The molecule has 1 aliphatic rings. The average Bonchev–Trinajstić information content (AvgIpc) is 3.27. The molecule has 7 nitrogen and oxygen atoms in total. The lowest BCUT2D eigenvalue weighted by molar-refractivity contribution is -0.139. The van der Waals surface area contributed by atoms with Crippen LogP contribution in [-0.2, 0) is 31.8 Å². The fourth-order valence-electron chi connectivity index (χ4n) is 4.06. The van der Waals surface area contributed by atoms with Crippen LogP contribution in [0.2, 0.25) is 0 Å². The fourth-order valence-corrected chi connectivity index (χ4v) is 4.06. The lowest BCUT2D eigenvalue weighted by Gasteiger charge is -2.25. The highest BCUT2D eigenvalue weighted by Gasteiger charge is 2.42. The molecule has 4 rings (SSSR count). The molecule has 3 aromatic carbocycles. The first-order valence-electron chi connectivity index (χ1n) is 11.7. The molecule has 0 spiro atoms. The Kier molecular flexibility index (Phi) is 8.13. The predicted molar refractivity (Wildman–Crippen MR) is 134 cm³/mol. The van der Waals surface area contributed by atoms with Crippen molar-refractivity contribution in [1.82, 2.24) is 4.90 Å². The zero-order chi connectivity index (χ0) is 25.3. The fraction of sp³-hybridized carbons (Fsp3) is 0.207. The average molecular weight is 486 g/mol. The van der Waals surface area contributed by atoms with E-state index in [-0.39, 0.29) is 19.6 Å². The van der Waals surface area contributed by atoms with Crippen molar-refractivity contribution in [3.63, 3.8) is 0 Å². The molecule has 0 N–H and O–H groups in total. The van der Waals surface area contributed by atoms with Gasteiger partial charge in [-0.05, 0) is 28.7 Å². The van der Waals surface area contributed by atoms with Crippen LogP contribution >= 0.6 is 0 Å². The third kappa shape index (κ3) is 6.18. The summed E-state index contributed by atoms with van der Waals surface area (Å²) in [6.45, 7) is 3.51. The summed E-state index contributed by atoms with van der Waals surface area (Å²) < 4.78 is 15.5. The summed E-state index contributed by atoms with van der Waals surface area (Å²) >= 11 is 0. The number of hydrogen-bond acceptors (Lipinski definition) is 6. The van der Waals surface area contributed by atoms with Crippen LogP contribution in [-0.4, -0.2) is 48.4 Å². The molecule has 0 aliphatic carbocycles. The number of nitrogens with zero attached hydrogens (tertiary/aromatic N) is 1. The van der Waals surface area contributed by atoms with Crippen molar-refractivity contribution in [3.05, 3.63) is 109 Å². The highest BCUT2D eigenvalue weighted by Crippen LogP contribution is 2.23. The van der Waals surface area contributed by atoms with E-state index in [1.54, 1.807) is 0 Å². The number of cyclic esters (lactones) is 1. The van der Waals surface area contributed by atoms with Crippen LogP contribution in [0.5, 0.6) is 0 Å². The first kappa shape index (κ1) is 24.7. The smallest absolute Gasteiger partial charge is 0.447 e. The molecule has 0 saturated carbocycles. The third-order valence-corrected chi connectivity index (χ3v) is 5.83. The van der Waals surface area contributed by atoms with Gasteiger partial charge in [0.1, 0.15) is 13.2 Å². The molecule has 1 saturated heterocycles. The molecule has 0 radical (unpaired) electrons. The molecule has 2 amide bonds. The first-order valence-corrected chi connectivity index (χ1v) is 11.7. The van der Waals surface area contributed by atoms with Gasteiger partial charge in [0, 0.05) is 6.42 Å². The largest absolute Gasteiger partial charge is 0.509 e. The highest BCUT2D eigenvalue weighted by atomic mass is 16.7. The molecular weight excluding hydrogens is 458 g/mol. The normalized spacial score (nSPS) is 15.6. The Balaban J connectivity index is 1.54. The Morgan fingerprint density at radius 1 is 0.944 bits per heavy atom. The van der Waals surface area contributed by atoms with Gasteiger partial charge in [0.05, 0.1) is 6.04 Å². The number of hydrogen-bond donors (Lipinski definition) is 0. The van der Waals surface area contributed by atoms with Crippen LogP contribution in [0.25, 0.3) is 11.1 Å². The summed E-state index contributed by atoms with van der Waals surface area (Å²) in [6.07, 6.45) is -1.14. The quantitative estimate of drug-likeness (QED) is 0.306. The van der Waals surface area contributed by atoms with Crippen LogP contribution in [0.1, 0.15) is 11.1 Å². The molecule has 0 aromatic heterocycles. The van der Waals surface area contributed by atoms with Gasteiger partial charge >= 0.3 is 12.2 Å². The van der Waals surface area contributed by atoms with Crippen molar-refractivity contribution in [3.8, 4) is 11.1 Å². The van der Waals surface area contributed by atoms with Gasteiger partial charge in [-0.2, -0.15) is 0 Å². The van der Waals surface area contributed by atoms with E-state index in [4.69, 9.17) is 14.2 Å². The Morgan fingerprint density at radius 3 is 2.25 bits per heavy atom. The Labute approximate surface area is 209 Å². The van der Waals surface area contributed by atoms with Crippen molar-refractivity contribution in [1.29, 1.82) is 0 Å². The Morgan fingerprint density at radius 2 is 1.58 bits per heavy atom. The predicted octanol–water partition coefficient (Wildman–Crippen LogP) is 5.19. The number of imide groups is 1. The zero-order valence-corrected chi connectivity index (χ0v) is 19.7. The van der Waals surface area contributed by atoms with Gasteiger partial charge in [-0.15, -0.1) is 0 Å². The number of carbonyl (C=O) groups is 3. The number of carbonyl (C=O) groups excluding carboxylic acids is 3. The molecule has 184 valence electrons. The summed E-state index contributed by atoms with van der Waals surface area (Å²) in [5.74, 6) is -0.652. The molecule has 1 unspecified atom stereocenters. The SMILES string of the molecule is C=CCOC(=O)OC(Cc1ccc(-c2ccccc2)cc1)C(=O)N1C(=O)OC[C@@H]1Cc1ccccc1. The van der Waals surface area contributed by atoms with Crippen molar-refractivity contribution in [2.75, 3.05) is 13.2 Å².